The largest absolute Gasteiger partial charge is 0.467 e. The summed E-state index contributed by atoms with van der Waals surface area (Å²) in [6.07, 6.45) is 2.70. The van der Waals surface area contributed by atoms with Crippen LogP contribution in [0.1, 0.15) is 54.1 Å². The van der Waals surface area contributed by atoms with Gasteiger partial charge in [0.15, 0.2) is 0 Å². The molecule has 1 aliphatic heterocycles. The van der Waals surface area contributed by atoms with Crippen molar-refractivity contribution in [2.24, 2.45) is 0 Å². The molecule has 3 aromatic rings. The second kappa shape index (κ2) is 7.78. The SMILES string of the molecule is CC(C)(C)c1ccc(C(=O)NCC(c2ccco2)N2CCc3ccccc32)cc1. The second-order valence-corrected chi connectivity index (χ2v) is 8.64. The summed E-state index contributed by atoms with van der Waals surface area (Å²) in [7, 11) is 0. The Kier molecular flexibility index (Phi) is 5.18. The molecule has 0 bridgehead atoms. The van der Waals surface area contributed by atoms with Gasteiger partial charge in [-0.25, -0.2) is 0 Å². The smallest absolute Gasteiger partial charge is 0.251 e. The summed E-state index contributed by atoms with van der Waals surface area (Å²) in [5, 5.41) is 3.11. The number of carbonyl (C=O) groups is 1. The number of furan rings is 1. The summed E-state index contributed by atoms with van der Waals surface area (Å²) >= 11 is 0. The van der Waals surface area contributed by atoms with Crippen molar-refractivity contribution in [1.29, 1.82) is 0 Å². The van der Waals surface area contributed by atoms with Crippen LogP contribution in [0.3, 0.4) is 0 Å². The summed E-state index contributed by atoms with van der Waals surface area (Å²) in [4.78, 5) is 15.1. The molecule has 1 N–H and O–H groups in total. The molecule has 1 aliphatic rings. The van der Waals surface area contributed by atoms with E-state index in [0.717, 1.165) is 18.7 Å². The molecule has 29 heavy (non-hydrogen) atoms. The van der Waals surface area contributed by atoms with Crippen molar-refractivity contribution < 1.29 is 9.21 Å². The average molecular weight is 389 g/mol. The Morgan fingerprint density at radius 3 is 2.52 bits per heavy atom. The maximum atomic E-state index is 12.8. The van der Waals surface area contributed by atoms with Crippen molar-refractivity contribution in [2.75, 3.05) is 18.0 Å². The standard InChI is InChI=1S/C25H28N2O2/c1-25(2,3)20-12-10-19(11-13-20)24(28)26-17-22(23-9-6-16-29-23)27-15-14-18-7-4-5-8-21(18)27/h4-13,16,22H,14-15,17H2,1-3H3,(H,26,28). The predicted molar refractivity (Wildman–Crippen MR) is 116 cm³/mol. The van der Waals surface area contributed by atoms with Crippen LogP contribution in [0.25, 0.3) is 0 Å². The van der Waals surface area contributed by atoms with E-state index < -0.39 is 0 Å². The molecular formula is C25H28N2O2. The van der Waals surface area contributed by atoms with Crippen LogP contribution in [0.4, 0.5) is 5.69 Å². The predicted octanol–water partition coefficient (Wildman–Crippen LogP) is 5.11. The molecule has 1 atom stereocenters. The number of carbonyl (C=O) groups excluding carboxylic acids is 1. The zero-order chi connectivity index (χ0) is 20.4. The topological polar surface area (TPSA) is 45.5 Å². The third kappa shape index (κ3) is 4.07. The molecular weight excluding hydrogens is 360 g/mol. The minimum Gasteiger partial charge on any atom is -0.467 e. The van der Waals surface area contributed by atoms with Crippen LogP contribution >= 0.6 is 0 Å². The summed E-state index contributed by atoms with van der Waals surface area (Å²) in [5.41, 5.74) is 4.53. The molecule has 0 saturated heterocycles. The van der Waals surface area contributed by atoms with E-state index >= 15 is 0 Å². The Morgan fingerprint density at radius 1 is 1.07 bits per heavy atom. The van der Waals surface area contributed by atoms with Gasteiger partial charge in [-0.3, -0.25) is 4.79 Å². The van der Waals surface area contributed by atoms with E-state index in [4.69, 9.17) is 4.42 Å². The van der Waals surface area contributed by atoms with Gasteiger partial charge in [0.1, 0.15) is 11.8 Å². The fourth-order valence-electron chi connectivity index (χ4n) is 3.95. The molecule has 1 amide bonds. The van der Waals surface area contributed by atoms with Crippen molar-refractivity contribution in [1.82, 2.24) is 5.32 Å². The number of hydrogen-bond donors (Lipinski definition) is 1. The lowest BCUT2D eigenvalue weighted by atomic mass is 9.87. The first-order valence-electron chi connectivity index (χ1n) is 10.2. The molecule has 0 spiro atoms. The number of rotatable bonds is 5. The van der Waals surface area contributed by atoms with Crippen molar-refractivity contribution in [3.05, 3.63) is 89.4 Å². The molecule has 4 nitrogen and oxygen atoms in total. The van der Waals surface area contributed by atoms with Crippen LogP contribution in [0.5, 0.6) is 0 Å². The Balaban J connectivity index is 1.50. The molecule has 0 saturated carbocycles. The lowest BCUT2D eigenvalue weighted by molar-refractivity contribution is 0.0950. The highest BCUT2D eigenvalue weighted by atomic mass is 16.3. The number of benzene rings is 2. The van der Waals surface area contributed by atoms with Gasteiger partial charge in [-0.2, -0.15) is 0 Å². The molecule has 1 unspecified atom stereocenters. The highest BCUT2D eigenvalue weighted by Gasteiger charge is 2.29. The number of amides is 1. The number of anilines is 1. The van der Waals surface area contributed by atoms with E-state index in [1.165, 1.54) is 16.8 Å². The summed E-state index contributed by atoms with van der Waals surface area (Å²) in [5.74, 6) is 0.805. The molecule has 0 aliphatic carbocycles. The van der Waals surface area contributed by atoms with Crippen molar-refractivity contribution in [3.8, 4) is 0 Å². The Bertz CT molecular complexity index is 969. The fourth-order valence-corrected chi connectivity index (χ4v) is 3.95. The van der Waals surface area contributed by atoms with E-state index in [2.05, 4.69) is 55.3 Å². The van der Waals surface area contributed by atoms with Crippen LogP contribution < -0.4 is 10.2 Å². The summed E-state index contributed by atoms with van der Waals surface area (Å²) in [6, 6.07) is 20.2. The zero-order valence-electron chi connectivity index (χ0n) is 17.3. The number of nitrogens with zero attached hydrogens (tertiary/aromatic N) is 1. The van der Waals surface area contributed by atoms with E-state index in [9.17, 15) is 4.79 Å². The van der Waals surface area contributed by atoms with Crippen LogP contribution in [-0.4, -0.2) is 19.0 Å². The maximum Gasteiger partial charge on any atom is 0.251 e. The lowest BCUT2D eigenvalue weighted by Crippen LogP contribution is -2.37. The Labute approximate surface area is 172 Å². The molecule has 0 fully saturated rings. The molecule has 4 rings (SSSR count). The van der Waals surface area contributed by atoms with Gasteiger partial charge < -0.3 is 14.6 Å². The molecule has 2 aromatic carbocycles. The van der Waals surface area contributed by atoms with Gasteiger partial charge >= 0.3 is 0 Å². The van der Waals surface area contributed by atoms with E-state index in [-0.39, 0.29) is 17.4 Å². The highest BCUT2D eigenvalue weighted by molar-refractivity contribution is 5.94. The average Bonchev–Trinajstić information content (AvgIpc) is 3.38. The third-order valence-electron chi connectivity index (χ3n) is 5.64. The molecule has 1 aromatic heterocycles. The molecule has 2 heterocycles. The highest BCUT2D eigenvalue weighted by Crippen LogP contribution is 2.35. The first-order valence-corrected chi connectivity index (χ1v) is 10.2. The third-order valence-corrected chi connectivity index (χ3v) is 5.64. The molecule has 150 valence electrons. The molecule has 0 radical (unpaired) electrons. The van der Waals surface area contributed by atoms with Crippen molar-refractivity contribution in [3.63, 3.8) is 0 Å². The number of fused-ring (bicyclic) bond motifs is 1. The van der Waals surface area contributed by atoms with Crippen molar-refractivity contribution >= 4 is 11.6 Å². The van der Waals surface area contributed by atoms with Gasteiger partial charge in [0.25, 0.3) is 5.91 Å². The van der Waals surface area contributed by atoms with Crippen LogP contribution in [0.2, 0.25) is 0 Å². The van der Waals surface area contributed by atoms with Crippen LogP contribution in [0, 0.1) is 0 Å². The van der Waals surface area contributed by atoms with Gasteiger partial charge in [0, 0.05) is 24.3 Å². The van der Waals surface area contributed by atoms with E-state index in [1.807, 2.05) is 36.4 Å². The fraction of sp³-hybridized carbons (Fsp3) is 0.320. The Hall–Kier alpha value is -3.01. The van der Waals surface area contributed by atoms with Gasteiger partial charge in [0.05, 0.1) is 6.26 Å². The summed E-state index contributed by atoms with van der Waals surface area (Å²) in [6.45, 7) is 7.92. The molecule has 4 heteroatoms. The van der Waals surface area contributed by atoms with Crippen LogP contribution in [0.15, 0.2) is 71.3 Å². The number of hydrogen-bond acceptors (Lipinski definition) is 3. The zero-order valence-corrected chi connectivity index (χ0v) is 17.3. The van der Waals surface area contributed by atoms with E-state index in [1.54, 1.807) is 6.26 Å². The minimum atomic E-state index is -0.0607. The van der Waals surface area contributed by atoms with Gasteiger partial charge in [-0.1, -0.05) is 51.1 Å². The first kappa shape index (κ1) is 19.3. The first-order chi connectivity index (χ1) is 13.9. The van der Waals surface area contributed by atoms with E-state index in [0.29, 0.717) is 12.1 Å². The lowest BCUT2D eigenvalue weighted by Gasteiger charge is -2.29. The minimum absolute atomic E-state index is 0.0357. The number of nitrogens with one attached hydrogen (secondary N) is 1. The van der Waals surface area contributed by atoms with Crippen molar-refractivity contribution in [2.45, 2.75) is 38.6 Å². The maximum absolute atomic E-state index is 12.8. The summed E-state index contributed by atoms with van der Waals surface area (Å²) < 4.78 is 5.72. The normalized spacial score (nSPS) is 14.5. The van der Waals surface area contributed by atoms with Crippen LogP contribution in [-0.2, 0) is 11.8 Å². The van der Waals surface area contributed by atoms with Gasteiger partial charge in [-0.05, 0) is 53.3 Å². The monoisotopic (exact) mass is 388 g/mol. The second-order valence-electron chi connectivity index (χ2n) is 8.64. The quantitative estimate of drug-likeness (QED) is 0.660. The Morgan fingerprint density at radius 2 is 1.83 bits per heavy atom. The number of para-hydroxylation sites is 1. The van der Waals surface area contributed by atoms with Gasteiger partial charge in [0.2, 0.25) is 0 Å². The van der Waals surface area contributed by atoms with Gasteiger partial charge in [-0.15, -0.1) is 0 Å².